The van der Waals surface area contributed by atoms with Crippen LogP contribution in [0.2, 0.25) is 0 Å². The molecule has 0 saturated carbocycles. The maximum Gasteiger partial charge on any atom is 0.245 e. The number of benzene rings is 2. The Morgan fingerprint density at radius 2 is 1.88 bits per heavy atom. The molecule has 0 saturated heterocycles. The van der Waals surface area contributed by atoms with Crippen LogP contribution in [0.3, 0.4) is 0 Å². The molecule has 6 nitrogen and oxygen atoms in total. The van der Waals surface area contributed by atoms with Crippen LogP contribution < -0.4 is 14.8 Å². The highest BCUT2D eigenvalue weighted by Gasteiger charge is 2.25. The fourth-order valence-corrected chi connectivity index (χ4v) is 3.53. The molecule has 2 rings (SSSR count). The van der Waals surface area contributed by atoms with Crippen LogP contribution in [0, 0.1) is 5.82 Å². The fourth-order valence-electron chi connectivity index (χ4n) is 2.15. The van der Waals surface area contributed by atoms with Gasteiger partial charge in [0.25, 0.3) is 0 Å². The van der Waals surface area contributed by atoms with Crippen molar-refractivity contribution in [1.82, 2.24) is 10.0 Å². The van der Waals surface area contributed by atoms with Crippen molar-refractivity contribution in [3.8, 4) is 5.75 Å². The van der Waals surface area contributed by atoms with Crippen LogP contribution in [0.25, 0.3) is 0 Å². The van der Waals surface area contributed by atoms with Crippen LogP contribution >= 0.6 is 0 Å². The Balaban J connectivity index is 2.06. The van der Waals surface area contributed by atoms with Gasteiger partial charge in [0.2, 0.25) is 15.9 Å². The van der Waals surface area contributed by atoms with E-state index in [0.29, 0.717) is 0 Å². The molecule has 1 amide bonds. The van der Waals surface area contributed by atoms with Crippen molar-refractivity contribution >= 4 is 15.9 Å². The van der Waals surface area contributed by atoms with E-state index in [1.54, 1.807) is 0 Å². The third kappa shape index (κ3) is 5.01. The average Bonchev–Trinajstić information content (AvgIpc) is 2.60. The third-order valence-electron chi connectivity index (χ3n) is 3.45. The van der Waals surface area contributed by atoms with Crippen LogP contribution in [0.4, 0.5) is 4.39 Å². The van der Waals surface area contributed by atoms with Gasteiger partial charge in [-0.05, 0) is 30.7 Å². The molecule has 0 spiro atoms. The first kappa shape index (κ1) is 18.9. The summed E-state index contributed by atoms with van der Waals surface area (Å²) in [6.07, 6.45) is 0. The van der Waals surface area contributed by atoms with Crippen LogP contribution in [-0.2, 0) is 21.4 Å². The van der Waals surface area contributed by atoms with Gasteiger partial charge in [0.15, 0.2) is 0 Å². The van der Waals surface area contributed by atoms with Gasteiger partial charge >= 0.3 is 0 Å². The number of halogens is 1. The number of sulfonamides is 1. The van der Waals surface area contributed by atoms with E-state index in [4.69, 9.17) is 4.74 Å². The molecule has 0 radical (unpaired) electrons. The first-order chi connectivity index (χ1) is 11.8. The van der Waals surface area contributed by atoms with Crippen molar-refractivity contribution in [2.24, 2.45) is 0 Å². The molecule has 0 heterocycles. The monoisotopic (exact) mass is 366 g/mol. The zero-order chi connectivity index (χ0) is 18.4. The Labute approximate surface area is 146 Å². The minimum Gasteiger partial charge on any atom is -0.495 e. The van der Waals surface area contributed by atoms with Crippen LogP contribution in [0.15, 0.2) is 53.4 Å². The molecule has 0 bridgehead atoms. The van der Waals surface area contributed by atoms with E-state index < -0.39 is 27.8 Å². The van der Waals surface area contributed by atoms with E-state index in [1.807, 2.05) is 30.3 Å². The summed E-state index contributed by atoms with van der Waals surface area (Å²) in [5.41, 5.74) is 0.887. The molecule has 0 aliphatic carbocycles. The van der Waals surface area contributed by atoms with Crippen molar-refractivity contribution in [2.45, 2.75) is 24.4 Å². The summed E-state index contributed by atoms with van der Waals surface area (Å²) in [4.78, 5) is 11.7. The third-order valence-corrected chi connectivity index (χ3v) is 5.01. The van der Waals surface area contributed by atoms with Gasteiger partial charge in [-0.1, -0.05) is 30.3 Å². The lowest BCUT2D eigenvalue weighted by Crippen LogP contribution is -2.44. The smallest absolute Gasteiger partial charge is 0.245 e. The number of nitrogens with one attached hydrogen (secondary N) is 2. The molecule has 0 fully saturated rings. The first-order valence-electron chi connectivity index (χ1n) is 7.51. The molecule has 134 valence electrons. The molecule has 1 unspecified atom stereocenters. The molecule has 25 heavy (non-hydrogen) atoms. The van der Waals surface area contributed by atoms with Crippen molar-refractivity contribution in [3.63, 3.8) is 0 Å². The van der Waals surface area contributed by atoms with Crippen molar-refractivity contribution in [3.05, 3.63) is 59.9 Å². The molecule has 0 aliphatic rings. The minimum atomic E-state index is -4.13. The van der Waals surface area contributed by atoms with Crippen molar-refractivity contribution in [2.75, 3.05) is 7.11 Å². The molecule has 0 aromatic heterocycles. The topological polar surface area (TPSA) is 84.5 Å². The Morgan fingerprint density at radius 3 is 2.52 bits per heavy atom. The van der Waals surface area contributed by atoms with Gasteiger partial charge in [0.1, 0.15) is 16.5 Å². The molecule has 1 atom stereocenters. The summed E-state index contributed by atoms with van der Waals surface area (Å²) in [5, 5.41) is 2.64. The first-order valence-corrected chi connectivity index (χ1v) is 8.99. The highest BCUT2D eigenvalue weighted by atomic mass is 32.2. The predicted molar refractivity (Wildman–Crippen MR) is 91.0 cm³/mol. The summed E-state index contributed by atoms with van der Waals surface area (Å²) >= 11 is 0. The summed E-state index contributed by atoms with van der Waals surface area (Å²) in [6, 6.07) is 11.3. The van der Waals surface area contributed by atoms with E-state index >= 15 is 0 Å². The summed E-state index contributed by atoms with van der Waals surface area (Å²) in [6.45, 7) is 1.68. The molecule has 2 aromatic rings. The van der Waals surface area contributed by atoms with Crippen LogP contribution in [-0.4, -0.2) is 27.5 Å². The quantitative estimate of drug-likeness (QED) is 0.783. The maximum absolute atomic E-state index is 13.4. The van der Waals surface area contributed by atoms with Gasteiger partial charge in [-0.2, -0.15) is 4.72 Å². The SMILES string of the molecule is COc1ccc(F)cc1S(=O)(=O)NC(C)C(=O)NCc1ccccc1. The van der Waals surface area contributed by atoms with E-state index in [1.165, 1.54) is 20.1 Å². The van der Waals surface area contributed by atoms with E-state index in [0.717, 1.165) is 17.7 Å². The van der Waals surface area contributed by atoms with E-state index in [-0.39, 0.29) is 17.2 Å². The zero-order valence-electron chi connectivity index (χ0n) is 13.8. The van der Waals surface area contributed by atoms with Gasteiger partial charge in [0.05, 0.1) is 13.2 Å². The predicted octanol–water partition coefficient (Wildman–Crippen LogP) is 1.82. The number of carbonyl (C=O) groups excluding carboxylic acids is 1. The molecule has 2 N–H and O–H groups in total. The summed E-state index contributed by atoms with van der Waals surface area (Å²) in [5.74, 6) is -1.23. The van der Waals surface area contributed by atoms with Gasteiger partial charge in [-0.25, -0.2) is 12.8 Å². The van der Waals surface area contributed by atoms with Crippen molar-refractivity contribution in [1.29, 1.82) is 0 Å². The standard InChI is InChI=1S/C17H19FN2O4S/c1-12(17(21)19-11-13-6-4-3-5-7-13)20-25(22,23)16-10-14(18)8-9-15(16)24-2/h3-10,12,20H,11H2,1-2H3,(H,19,21). The lowest BCUT2D eigenvalue weighted by Gasteiger charge is -2.16. The fraction of sp³-hybridized carbons (Fsp3) is 0.235. The number of hydrogen-bond acceptors (Lipinski definition) is 4. The normalized spacial score (nSPS) is 12.4. The van der Waals surface area contributed by atoms with Crippen molar-refractivity contribution < 1.29 is 22.3 Å². The number of carbonyl (C=O) groups is 1. The second-order valence-corrected chi connectivity index (χ2v) is 7.02. The number of rotatable bonds is 7. The largest absolute Gasteiger partial charge is 0.495 e. The molecular weight excluding hydrogens is 347 g/mol. The van der Waals surface area contributed by atoms with E-state index in [9.17, 15) is 17.6 Å². The molecule has 0 aliphatic heterocycles. The Hall–Kier alpha value is -2.45. The second-order valence-electron chi connectivity index (χ2n) is 5.34. The second kappa shape index (κ2) is 8.09. The summed E-state index contributed by atoms with van der Waals surface area (Å²) in [7, 11) is -2.85. The van der Waals surface area contributed by atoms with Gasteiger partial charge in [-0.3, -0.25) is 4.79 Å². The number of methoxy groups -OCH3 is 1. The lowest BCUT2D eigenvalue weighted by molar-refractivity contribution is -0.122. The van der Waals surface area contributed by atoms with Crippen LogP contribution in [0.1, 0.15) is 12.5 Å². The van der Waals surface area contributed by atoms with Gasteiger partial charge < -0.3 is 10.1 Å². The number of hydrogen-bond donors (Lipinski definition) is 2. The average molecular weight is 366 g/mol. The molecule has 8 heteroatoms. The van der Waals surface area contributed by atoms with Gasteiger partial charge in [0, 0.05) is 6.54 Å². The number of amides is 1. The number of ether oxygens (including phenoxy) is 1. The lowest BCUT2D eigenvalue weighted by atomic mass is 10.2. The van der Waals surface area contributed by atoms with Crippen LogP contribution in [0.5, 0.6) is 5.75 Å². The molecular formula is C17H19FN2O4S. The zero-order valence-corrected chi connectivity index (χ0v) is 14.6. The van der Waals surface area contributed by atoms with Gasteiger partial charge in [-0.15, -0.1) is 0 Å². The highest BCUT2D eigenvalue weighted by Crippen LogP contribution is 2.24. The highest BCUT2D eigenvalue weighted by molar-refractivity contribution is 7.89. The molecule has 2 aromatic carbocycles. The Kier molecular flexibility index (Phi) is 6.11. The van der Waals surface area contributed by atoms with E-state index in [2.05, 4.69) is 10.0 Å². The Bertz CT molecular complexity index is 841. The minimum absolute atomic E-state index is 0.00852. The Morgan fingerprint density at radius 1 is 1.20 bits per heavy atom. The maximum atomic E-state index is 13.4. The summed E-state index contributed by atoms with van der Waals surface area (Å²) < 4.78 is 45.4.